The predicted molar refractivity (Wildman–Crippen MR) is 85.5 cm³/mol. The number of carbonyl (C=O) groups excluding carboxylic acids is 1. The van der Waals surface area contributed by atoms with Gasteiger partial charge >= 0.3 is 6.09 Å². The van der Waals surface area contributed by atoms with Crippen LogP contribution in [0.25, 0.3) is 5.57 Å². The number of morpholine rings is 1. The highest BCUT2D eigenvalue weighted by Gasteiger charge is 2.40. The highest BCUT2D eigenvalue weighted by molar-refractivity contribution is 5.74. The fourth-order valence-corrected chi connectivity index (χ4v) is 3.06. The molecule has 4 nitrogen and oxygen atoms in total. The lowest BCUT2D eigenvalue weighted by Gasteiger charge is -2.44. The summed E-state index contributed by atoms with van der Waals surface area (Å²) < 4.78 is 11.2. The highest BCUT2D eigenvalue weighted by Crippen LogP contribution is 2.33. The summed E-state index contributed by atoms with van der Waals surface area (Å²) in [4.78, 5) is 14.3. The highest BCUT2D eigenvalue weighted by atomic mass is 16.6. The van der Waals surface area contributed by atoms with Gasteiger partial charge in [0.15, 0.2) is 0 Å². The zero-order valence-corrected chi connectivity index (χ0v) is 13.4. The SMILES string of the molecule is CC(C)(C)OC(=O)N1C2C=C(c3ccccc3)CC1COC2. The van der Waals surface area contributed by atoms with Crippen molar-refractivity contribution in [1.29, 1.82) is 0 Å². The molecule has 0 saturated carbocycles. The Bertz CT molecular complexity index is 574. The van der Waals surface area contributed by atoms with E-state index >= 15 is 0 Å². The minimum absolute atomic E-state index is 0.0439. The molecule has 0 spiro atoms. The Morgan fingerprint density at radius 1 is 1.23 bits per heavy atom. The summed E-state index contributed by atoms with van der Waals surface area (Å²) in [6.07, 6.45) is 2.71. The molecule has 1 fully saturated rings. The van der Waals surface area contributed by atoms with E-state index in [0.29, 0.717) is 13.2 Å². The number of ether oxygens (including phenoxy) is 2. The van der Waals surface area contributed by atoms with Crippen LogP contribution in [0.5, 0.6) is 0 Å². The fourth-order valence-electron chi connectivity index (χ4n) is 3.06. The van der Waals surface area contributed by atoms with Crippen LogP contribution in [0.1, 0.15) is 32.8 Å². The molecule has 0 aliphatic carbocycles. The maximum absolute atomic E-state index is 12.5. The summed E-state index contributed by atoms with van der Waals surface area (Å²) in [7, 11) is 0. The molecule has 0 N–H and O–H groups in total. The second-order valence-electron chi connectivity index (χ2n) is 6.91. The Labute approximate surface area is 131 Å². The first-order valence-electron chi connectivity index (χ1n) is 7.79. The third-order valence-corrected chi connectivity index (χ3v) is 3.95. The molecule has 1 aromatic carbocycles. The van der Waals surface area contributed by atoms with E-state index in [9.17, 15) is 4.79 Å². The van der Waals surface area contributed by atoms with Crippen LogP contribution in [-0.4, -0.2) is 41.9 Å². The van der Waals surface area contributed by atoms with Gasteiger partial charge in [-0.05, 0) is 38.3 Å². The van der Waals surface area contributed by atoms with Gasteiger partial charge in [0.05, 0.1) is 25.3 Å². The van der Waals surface area contributed by atoms with Crippen LogP contribution in [0.15, 0.2) is 36.4 Å². The van der Waals surface area contributed by atoms with Gasteiger partial charge in [0.2, 0.25) is 0 Å². The van der Waals surface area contributed by atoms with Gasteiger partial charge in [-0.1, -0.05) is 36.4 Å². The third-order valence-electron chi connectivity index (χ3n) is 3.95. The Kier molecular flexibility index (Phi) is 3.96. The number of hydrogen-bond acceptors (Lipinski definition) is 3. The monoisotopic (exact) mass is 301 g/mol. The smallest absolute Gasteiger partial charge is 0.411 e. The standard InChI is InChI=1S/C18H23NO3/c1-18(2,3)22-17(20)19-15-9-14(10-16(19)12-21-11-15)13-7-5-4-6-8-13/h4-9,15-16H,10-12H2,1-3H3. The van der Waals surface area contributed by atoms with Gasteiger partial charge in [0.1, 0.15) is 5.60 Å². The molecule has 2 heterocycles. The molecule has 2 bridgehead atoms. The second kappa shape index (κ2) is 5.76. The molecule has 4 heteroatoms. The molecule has 0 radical (unpaired) electrons. The first-order chi connectivity index (χ1) is 10.4. The van der Waals surface area contributed by atoms with E-state index in [1.165, 1.54) is 11.1 Å². The quantitative estimate of drug-likeness (QED) is 0.797. The van der Waals surface area contributed by atoms with E-state index in [1.54, 1.807) is 0 Å². The van der Waals surface area contributed by atoms with E-state index in [1.807, 2.05) is 43.9 Å². The molecule has 2 atom stereocenters. The van der Waals surface area contributed by atoms with Crippen molar-refractivity contribution in [3.05, 3.63) is 42.0 Å². The lowest BCUT2D eigenvalue weighted by molar-refractivity contribution is -0.0510. The lowest BCUT2D eigenvalue weighted by atomic mass is 9.90. The molecular weight excluding hydrogens is 278 g/mol. The van der Waals surface area contributed by atoms with Crippen molar-refractivity contribution in [1.82, 2.24) is 4.90 Å². The Hall–Kier alpha value is -1.81. The van der Waals surface area contributed by atoms with Crippen molar-refractivity contribution in [2.24, 2.45) is 0 Å². The van der Waals surface area contributed by atoms with Crippen LogP contribution in [0.4, 0.5) is 4.79 Å². The molecule has 22 heavy (non-hydrogen) atoms. The van der Waals surface area contributed by atoms with E-state index in [2.05, 4.69) is 18.2 Å². The second-order valence-corrected chi connectivity index (χ2v) is 6.91. The average molecular weight is 301 g/mol. The summed E-state index contributed by atoms with van der Waals surface area (Å²) in [6, 6.07) is 10.3. The van der Waals surface area contributed by atoms with Crippen molar-refractivity contribution in [3.63, 3.8) is 0 Å². The summed E-state index contributed by atoms with van der Waals surface area (Å²) in [5, 5.41) is 0. The summed E-state index contributed by atoms with van der Waals surface area (Å²) in [5.74, 6) is 0. The lowest BCUT2D eigenvalue weighted by Crippen LogP contribution is -2.57. The number of fused-ring (bicyclic) bond motifs is 2. The first-order valence-corrected chi connectivity index (χ1v) is 7.79. The number of amides is 1. The van der Waals surface area contributed by atoms with E-state index < -0.39 is 5.60 Å². The number of benzene rings is 1. The van der Waals surface area contributed by atoms with Crippen LogP contribution in [0.3, 0.4) is 0 Å². The molecule has 118 valence electrons. The van der Waals surface area contributed by atoms with Crippen LogP contribution in [0.2, 0.25) is 0 Å². The molecule has 0 aromatic heterocycles. The van der Waals surface area contributed by atoms with Gasteiger partial charge < -0.3 is 9.47 Å². The molecular formula is C18H23NO3. The van der Waals surface area contributed by atoms with Crippen LogP contribution in [0, 0.1) is 0 Å². The average Bonchev–Trinajstić information content (AvgIpc) is 2.45. The van der Waals surface area contributed by atoms with Crippen LogP contribution >= 0.6 is 0 Å². The van der Waals surface area contributed by atoms with E-state index in [4.69, 9.17) is 9.47 Å². The zero-order valence-electron chi connectivity index (χ0n) is 13.4. The molecule has 1 amide bonds. The molecule has 1 saturated heterocycles. The summed E-state index contributed by atoms with van der Waals surface area (Å²) >= 11 is 0. The maximum Gasteiger partial charge on any atom is 0.411 e. The first kappa shape index (κ1) is 15.1. The Morgan fingerprint density at radius 2 is 1.95 bits per heavy atom. The molecule has 3 rings (SSSR count). The maximum atomic E-state index is 12.5. The van der Waals surface area contributed by atoms with E-state index in [0.717, 1.165) is 6.42 Å². The van der Waals surface area contributed by atoms with Crippen molar-refractivity contribution in [2.75, 3.05) is 13.2 Å². The van der Waals surface area contributed by atoms with E-state index in [-0.39, 0.29) is 18.2 Å². The molecule has 2 aliphatic heterocycles. The number of carbonyl (C=O) groups is 1. The van der Waals surface area contributed by atoms with Crippen LogP contribution in [-0.2, 0) is 9.47 Å². The van der Waals surface area contributed by atoms with Gasteiger partial charge in [-0.2, -0.15) is 0 Å². The van der Waals surface area contributed by atoms with Gasteiger partial charge in [-0.3, -0.25) is 4.90 Å². The largest absolute Gasteiger partial charge is 0.444 e. The Morgan fingerprint density at radius 3 is 2.59 bits per heavy atom. The van der Waals surface area contributed by atoms with Crippen molar-refractivity contribution < 1.29 is 14.3 Å². The molecule has 2 aliphatic rings. The number of rotatable bonds is 1. The normalized spacial score (nSPS) is 24.7. The van der Waals surface area contributed by atoms with Crippen LogP contribution < -0.4 is 0 Å². The topological polar surface area (TPSA) is 38.8 Å². The van der Waals surface area contributed by atoms with Gasteiger partial charge in [-0.15, -0.1) is 0 Å². The van der Waals surface area contributed by atoms with Crippen molar-refractivity contribution in [2.45, 2.75) is 44.9 Å². The minimum atomic E-state index is -0.477. The zero-order chi connectivity index (χ0) is 15.7. The summed E-state index contributed by atoms with van der Waals surface area (Å²) in [5.41, 5.74) is 2.04. The number of nitrogens with zero attached hydrogens (tertiary/aromatic N) is 1. The molecule has 1 aromatic rings. The van der Waals surface area contributed by atoms with Gasteiger partial charge in [0.25, 0.3) is 0 Å². The molecule has 2 unspecified atom stereocenters. The Balaban J connectivity index is 1.84. The predicted octanol–water partition coefficient (Wildman–Crippen LogP) is 3.48. The van der Waals surface area contributed by atoms with Crippen molar-refractivity contribution in [3.8, 4) is 0 Å². The summed E-state index contributed by atoms with van der Waals surface area (Å²) in [6.45, 7) is 6.79. The minimum Gasteiger partial charge on any atom is -0.444 e. The number of hydrogen-bond donors (Lipinski definition) is 0. The third kappa shape index (κ3) is 3.17. The van der Waals surface area contributed by atoms with Gasteiger partial charge in [0, 0.05) is 0 Å². The fraction of sp³-hybridized carbons (Fsp3) is 0.500. The van der Waals surface area contributed by atoms with Gasteiger partial charge in [-0.25, -0.2) is 4.79 Å². The van der Waals surface area contributed by atoms with Crippen molar-refractivity contribution >= 4 is 11.7 Å².